The summed E-state index contributed by atoms with van der Waals surface area (Å²) in [4.78, 5) is 14.3. The molecule has 0 aromatic heterocycles. The Hall–Kier alpha value is -1.33. The molecule has 6 rings (SSSR count). The molecule has 0 amide bonds. The normalized spacial score (nSPS) is 53.3. The molecule has 0 spiro atoms. The van der Waals surface area contributed by atoms with Gasteiger partial charge in [-0.05, 0) is 91.3 Å². The lowest BCUT2D eigenvalue weighted by atomic mass is 9.33. The maximum atomic E-state index is 14.3. The molecular formula is C35H54O9. The number of hydrogen-bond donors (Lipinski definition) is 6. The van der Waals surface area contributed by atoms with E-state index in [0.717, 1.165) is 37.7 Å². The molecule has 1 aliphatic heterocycles. The van der Waals surface area contributed by atoms with Crippen LogP contribution in [0.1, 0.15) is 92.4 Å². The van der Waals surface area contributed by atoms with Crippen molar-refractivity contribution in [1.82, 2.24) is 0 Å². The van der Waals surface area contributed by atoms with Crippen molar-refractivity contribution in [2.45, 2.75) is 135 Å². The van der Waals surface area contributed by atoms with Crippen LogP contribution in [0.2, 0.25) is 0 Å². The van der Waals surface area contributed by atoms with Gasteiger partial charge in [-0.15, -0.1) is 0 Å². The van der Waals surface area contributed by atoms with Gasteiger partial charge in [-0.2, -0.15) is 0 Å². The molecule has 6 N–H and O–H groups in total. The highest BCUT2D eigenvalue weighted by atomic mass is 16.7. The number of ether oxygens (including phenoxy) is 2. The molecule has 44 heavy (non-hydrogen) atoms. The summed E-state index contributed by atoms with van der Waals surface area (Å²) in [6.07, 6.45) is -0.271. The van der Waals surface area contributed by atoms with Crippen LogP contribution in [0.4, 0.5) is 0 Å². The largest absolute Gasteiger partial charge is 0.432 e. The molecule has 0 bridgehead atoms. The van der Waals surface area contributed by atoms with Crippen LogP contribution < -0.4 is 0 Å². The van der Waals surface area contributed by atoms with Crippen LogP contribution in [-0.2, 0) is 14.3 Å². The lowest BCUT2D eigenvalue weighted by molar-refractivity contribution is -0.299. The molecule has 1 heterocycles. The number of aliphatic hydroxyl groups is 6. The fourth-order valence-electron chi connectivity index (χ4n) is 11.7. The standard InChI is InChI=1S/C35H54O9/c1-18-9-14-35(30(42)44-29-28(41)27(40)26(39)21(17-36)43-29)20(15-18)19-7-8-23-32(4)12-11-24(37)31(2,3)22(32)10-13-33(23,5)34(19,6)16-25(35)38/h7,20-29,36-41H,1,8-17H2,2-6H3/t20-,21+,22-,23+,24-,25-,26+,27-,28+,29-,32-,33+,34+,35+/m0/s1. The van der Waals surface area contributed by atoms with Crippen molar-refractivity contribution < 1.29 is 44.9 Å². The summed E-state index contributed by atoms with van der Waals surface area (Å²) in [6, 6.07) is 0. The molecule has 0 radical (unpaired) electrons. The second-order valence-electron chi connectivity index (χ2n) is 16.5. The van der Waals surface area contributed by atoms with Gasteiger partial charge in [-0.3, -0.25) is 4.79 Å². The maximum absolute atomic E-state index is 14.3. The maximum Gasteiger partial charge on any atom is 0.317 e. The van der Waals surface area contributed by atoms with Gasteiger partial charge in [0.05, 0.1) is 18.8 Å². The first kappa shape index (κ1) is 32.6. The summed E-state index contributed by atoms with van der Waals surface area (Å²) in [5.74, 6) is -0.281. The van der Waals surface area contributed by atoms with Crippen molar-refractivity contribution in [1.29, 1.82) is 0 Å². The Labute approximate surface area is 261 Å². The van der Waals surface area contributed by atoms with Gasteiger partial charge >= 0.3 is 5.97 Å². The fraction of sp³-hybridized carbons (Fsp3) is 0.857. The predicted octanol–water partition coefficient (Wildman–Crippen LogP) is 2.99. The van der Waals surface area contributed by atoms with Crippen LogP contribution in [0.5, 0.6) is 0 Å². The molecule has 9 heteroatoms. The first-order chi connectivity index (χ1) is 20.5. The zero-order valence-corrected chi connectivity index (χ0v) is 27.0. The summed E-state index contributed by atoms with van der Waals surface area (Å²) >= 11 is 0. The molecule has 1 saturated heterocycles. The minimum absolute atomic E-state index is 0.0401. The average molecular weight is 619 g/mol. The number of rotatable bonds is 3. The Kier molecular flexibility index (Phi) is 7.85. The van der Waals surface area contributed by atoms with Gasteiger partial charge in [0.2, 0.25) is 6.29 Å². The van der Waals surface area contributed by atoms with Crippen LogP contribution in [-0.4, -0.2) is 86.1 Å². The lowest BCUT2D eigenvalue weighted by Crippen LogP contribution is -2.67. The second kappa shape index (κ2) is 10.6. The number of aliphatic hydroxyl groups excluding tert-OH is 6. The van der Waals surface area contributed by atoms with E-state index in [0.29, 0.717) is 37.5 Å². The van der Waals surface area contributed by atoms with E-state index in [2.05, 4.69) is 47.3 Å². The Morgan fingerprint density at radius 2 is 1.66 bits per heavy atom. The molecule has 5 aliphatic carbocycles. The highest BCUT2D eigenvalue weighted by Crippen LogP contribution is 2.75. The minimum atomic E-state index is -1.71. The number of fused-ring (bicyclic) bond motifs is 7. The zero-order valence-electron chi connectivity index (χ0n) is 27.0. The second-order valence-corrected chi connectivity index (χ2v) is 16.5. The first-order valence-corrected chi connectivity index (χ1v) is 16.7. The van der Waals surface area contributed by atoms with E-state index < -0.39 is 54.8 Å². The SMILES string of the molecule is C=C1CC[C@]2(C(=O)O[C@@H]3O[C@H](CO)[C@@H](O)[C@H](O)[C@H]3O)[C@@H](O)C[C@]3(C)C(=CC[C@@H]4[C@@]5(C)CC[C@H](O)C(C)(C)[C@@H]5CC[C@]43C)[C@@H]2C1. The van der Waals surface area contributed by atoms with E-state index in [1.165, 1.54) is 5.57 Å². The van der Waals surface area contributed by atoms with E-state index in [1.54, 1.807) is 0 Å². The van der Waals surface area contributed by atoms with Gasteiger partial charge in [-0.1, -0.05) is 58.4 Å². The van der Waals surface area contributed by atoms with Crippen LogP contribution in [0.15, 0.2) is 23.8 Å². The Balaban J connectivity index is 1.37. The van der Waals surface area contributed by atoms with E-state index in [1.807, 2.05) is 0 Å². The number of esters is 1. The molecule has 6 aliphatic rings. The first-order valence-electron chi connectivity index (χ1n) is 16.7. The van der Waals surface area contributed by atoms with E-state index >= 15 is 0 Å². The molecule has 14 atom stereocenters. The Bertz CT molecular complexity index is 1210. The van der Waals surface area contributed by atoms with Crippen LogP contribution in [0.25, 0.3) is 0 Å². The van der Waals surface area contributed by atoms with Crippen LogP contribution in [0, 0.1) is 44.8 Å². The number of carbonyl (C=O) groups is 1. The van der Waals surface area contributed by atoms with E-state index in [9.17, 15) is 35.4 Å². The summed E-state index contributed by atoms with van der Waals surface area (Å²) < 4.78 is 11.3. The number of allylic oxidation sites excluding steroid dienone is 3. The van der Waals surface area contributed by atoms with Crippen molar-refractivity contribution in [3.63, 3.8) is 0 Å². The van der Waals surface area contributed by atoms with Gasteiger partial charge in [0.1, 0.15) is 29.8 Å². The summed E-state index contributed by atoms with van der Waals surface area (Å²) in [7, 11) is 0. The van der Waals surface area contributed by atoms with Crippen molar-refractivity contribution in [2.24, 2.45) is 44.8 Å². The quantitative estimate of drug-likeness (QED) is 0.207. The summed E-state index contributed by atoms with van der Waals surface area (Å²) in [6.45, 7) is 15.2. The van der Waals surface area contributed by atoms with E-state index in [4.69, 9.17) is 9.47 Å². The zero-order chi connectivity index (χ0) is 32.2. The highest BCUT2D eigenvalue weighted by Gasteiger charge is 2.71. The highest BCUT2D eigenvalue weighted by molar-refractivity contribution is 5.80. The van der Waals surface area contributed by atoms with Gasteiger partial charge in [-0.25, -0.2) is 0 Å². The average Bonchev–Trinajstić information content (AvgIpc) is 2.96. The van der Waals surface area contributed by atoms with Crippen LogP contribution in [0.3, 0.4) is 0 Å². The topological polar surface area (TPSA) is 157 Å². The van der Waals surface area contributed by atoms with Gasteiger partial charge < -0.3 is 40.1 Å². The molecule has 0 unspecified atom stereocenters. The van der Waals surface area contributed by atoms with Gasteiger partial charge in [0.25, 0.3) is 0 Å². The molecular weight excluding hydrogens is 564 g/mol. The van der Waals surface area contributed by atoms with E-state index in [-0.39, 0.29) is 33.7 Å². The third kappa shape index (κ3) is 4.18. The molecule has 248 valence electrons. The van der Waals surface area contributed by atoms with Crippen LogP contribution >= 0.6 is 0 Å². The van der Waals surface area contributed by atoms with Gasteiger partial charge in [0.15, 0.2) is 0 Å². The number of hydrogen-bond acceptors (Lipinski definition) is 9. The smallest absolute Gasteiger partial charge is 0.317 e. The minimum Gasteiger partial charge on any atom is -0.432 e. The third-order valence-electron chi connectivity index (χ3n) is 14.5. The van der Waals surface area contributed by atoms with Crippen molar-refractivity contribution >= 4 is 5.97 Å². The summed E-state index contributed by atoms with van der Waals surface area (Å²) in [5, 5.41) is 64.0. The third-order valence-corrected chi connectivity index (χ3v) is 14.5. The Morgan fingerprint density at radius 1 is 0.955 bits per heavy atom. The molecule has 5 fully saturated rings. The molecule has 0 aromatic rings. The summed E-state index contributed by atoms with van der Waals surface area (Å²) in [5.41, 5.74) is 0.285. The lowest BCUT2D eigenvalue weighted by Gasteiger charge is -2.71. The van der Waals surface area contributed by atoms with Crippen molar-refractivity contribution in [2.75, 3.05) is 6.61 Å². The van der Waals surface area contributed by atoms with Gasteiger partial charge in [0, 0.05) is 5.92 Å². The van der Waals surface area contributed by atoms with Crippen molar-refractivity contribution in [3.05, 3.63) is 23.8 Å². The molecule has 4 saturated carbocycles. The molecule has 0 aromatic carbocycles. The monoisotopic (exact) mass is 618 g/mol. The van der Waals surface area contributed by atoms with Crippen molar-refractivity contribution in [3.8, 4) is 0 Å². The number of carbonyl (C=O) groups excluding carboxylic acids is 1. The fourth-order valence-corrected chi connectivity index (χ4v) is 11.7. The predicted molar refractivity (Wildman–Crippen MR) is 162 cm³/mol. The molecule has 9 nitrogen and oxygen atoms in total. The Morgan fingerprint density at radius 3 is 2.34 bits per heavy atom.